The Labute approximate surface area is 436 Å². The van der Waals surface area contributed by atoms with Gasteiger partial charge >= 0.3 is 5.97 Å². The molecule has 73 heavy (non-hydrogen) atoms. The quantitative estimate of drug-likeness (QED) is 0.0930. The zero-order chi connectivity index (χ0) is 53.7. The van der Waals surface area contributed by atoms with Gasteiger partial charge in [0.25, 0.3) is 0 Å². The van der Waals surface area contributed by atoms with Crippen LogP contribution in [0.3, 0.4) is 0 Å². The zero-order valence-corrected chi connectivity index (χ0v) is 46.1. The molecule has 18 atom stereocenters. The Morgan fingerprint density at radius 3 is 2.34 bits per heavy atom. The van der Waals surface area contributed by atoms with Crippen molar-refractivity contribution in [1.29, 1.82) is 0 Å². The fourth-order valence-electron chi connectivity index (χ4n) is 11.7. The molecule has 2 aromatic heterocycles. The van der Waals surface area contributed by atoms with Gasteiger partial charge in [-0.25, -0.2) is 0 Å². The summed E-state index contributed by atoms with van der Waals surface area (Å²) >= 11 is 1.25. The van der Waals surface area contributed by atoms with Crippen molar-refractivity contribution >= 4 is 23.5 Å². The van der Waals surface area contributed by atoms with Crippen LogP contribution >= 0.6 is 11.5 Å². The Morgan fingerprint density at radius 1 is 1.00 bits per heavy atom. The summed E-state index contributed by atoms with van der Waals surface area (Å²) in [6.07, 6.45) is -4.11. The number of carbonyl (C=O) groups is 1. The first kappa shape index (κ1) is 58.8. The summed E-state index contributed by atoms with van der Waals surface area (Å²) in [5.41, 5.74) is 2.94. The number of nitrogens with zero attached hydrogens (tertiary/aromatic N) is 7. The molecule has 3 fully saturated rings. The summed E-state index contributed by atoms with van der Waals surface area (Å²) in [7, 11) is 5.34. The second-order valence-corrected chi connectivity index (χ2v) is 22.9. The second-order valence-electron chi connectivity index (χ2n) is 22.2. The highest BCUT2D eigenvalue weighted by Gasteiger charge is 2.55. The van der Waals surface area contributed by atoms with E-state index in [4.69, 9.17) is 34.2 Å². The Balaban J connectivity index is 1.19. The van der Waals surface area contributed by atoms with Crippen LogP contribution in [0, 0.1) is 23.7 Å². The lowest BCUT2D eigenvalue weighted by Crippen LogP contribution is -2.62. The molecule has 6 rings (SSSR count). The van der Waals surface area contributed by atoms with E-state index in [9.17, 15) is 30.3 Å². The molecule has 0 amide bonds. The first-order valence-corrected chi connectivity index (χ1v) is 26.9. The van der Waals surface area contributed by atoms with Crippen LogP contribution in [0.15, 0.2) is 30.5 Å². The van der Waals surface area contributed by atoms with Crippen molar-refractivity contribution in [1.82, 2.24) is 34.2 Å². The molecule has 7 N–H and O–H groups in total. The largest absolute Gasteiger partial charge is 0.494 e. The number of cyclic esters (lactones) is 1. The van der Waals surface area contributed by atoms with Gasteiger partial charge in [0.2, 0.25) is 5.95 Å². The van der Waals surface area contributed by atoms with Crippen LogP contribution in [0.25, 0.3) is 10.6 Å². The van der Waals surface area contributed by atoms with Crippen molar-refractivity contribution in [2.75, 3.05) is 46.6 Å². The number of benzene rings is 1. The zero-order valence-electron chi connectivity index (χ0n) is 45.3. The molecule has 21 heteroatoms. The molecule has 3 aromatic rings. The minimum atomic E-state index is -1.81. The van der Waals surface area contributed by atoms with E-state index in [1.165, 1.54) is 25.6 Å². The monoisotopic (exact) mass is 1050 g/mol. The number of anilines is 1. The number of nitrogens with two attached hydrogens (primary N) is 1. The summed E-state index contributed by atoms with van der Waals surface area (Å²) in [5.74, 6) is -2.13. The summed E-state index contributed by atoms with van der Waals surface area (Å²) in [6.45, 7) is 20.1. The Hall–Kier alpha value is -3.45. The average molecular weight is 1050 g/mol. The van der Waals surface area contributed by atoms with E-state index in [0.29, 0.717) is 45.5 Å². The number of likely N-dealkylation sites (N-methyl/N-ethyl adjacent to an activating group) is 2. The third-order valence-corrected chi connectivity index (χ3v) is 16.9. The standard InChI is InChI=1S/C52H86N8O12S/c1-14-40-52(10,66)43(62)33(6)59(12)27-29(2)25-50(8,65)45(31(4)41(32(5)47(64)71-40)39-26-51(9,67-13)44(63)34(7)70-39)72-48-42(61)38(24-30(3)69-48)58(11)22-20-36-28-60(57-55-36)21-15-23-68-37-18-16-35(17-19-37)46-54-49(53)56-73-46/h16-19,28-34,38-45,48,61-63,65-66H,14-15,20-27H2,1-13H3,(H2,53,56)/t29-,30-,31+,32-,33-,34+,38+,39-,40-,41?,42-,43-,44+,45-,48+,50-,51-,52-/m1/s1. The number of aliphatic hydroxyl groups excluding tert-OH is 3. The van der Waals surface area contributed by atoms with Gasteiger partial charge in [-0.05, 0) is 123 Å². The molecule has 20 nitrogen and oxygen atoms in total. The smallest absolute Gasteiger partial charge is 0.309 e. The summed E-state index contributed by atoms with van der Waals surface area (Å²) in [4.78, 5) is 22.9. The van der Waals surface area contributed by atoms with Gasteiger partial charge in [0.05, 0.1) is 53.8 Å². The third-order valence-electron chi connectivity index (χ3n) is 16.1. The first-order valence-electron chi connectivity index (χ1n) is 26.1. The third kappa shape index (κ3) is 13.9. The van der Waals surface area contributed by atoms with Crippen molar-refractivity contribution in [2.24, 2.45) is 23.7 Å². The highest BCUT2D eigenvalue weighted by atomic mass is 32.1. The number of aliphatic hydroxyl groups is 5. The molecule has 3 aliphatic heterocycles. The maximum Gasteiger partial charge on any atom is 0.309 e. The van der Waals surface area contributed by atoms with Gasteiger partial charge in [-0.3, -0.25) is 9.48 Å². The van der Waals surface area contributed by atoms with Crippen LogP contribution in [0.5, 0.6) is 5.75 Å². The number of aryl methyl sites for hydroxylation is 1. The molecule has 5 heterocycles. The Bertz CT molecular complexity index is 2200. The molecule has 0 spiro atoms. The van der Waals surface area contributed by atoms with Crippen LogP contribution in [-0.2, 0) is 41.4 Å². The minimum absolute atomic E-state index is 0.171. The van der Waals surface area contributed by atoms with Gasteiger partial charge in [-0.2, -0.15) is 9.36 Å². The van der Waals surface area contributed by atoms with Crippen molar-refractivity contribution in [3.8, 4) is 16.3 Å². The second kappa shape index (κ2) is 24.7. The lowest BCUT2D eigenvalue weighted by atomic mass is 9.68. The van der Waals surface area contributed by atoms with Gasteiger partial charge in [0.15, 0.2) is 6.29 Å². The van der Waals surface area contributed by atoms with Gasteiger partial charge in [-0.1, -0.05) is 32.9 Å². The highest BCUT2D eigenvalue weighted by Crippen LogP contribution is 2.45. The molecule has 0 bridgehead atoms. The van der Waals surface area contributed by atoms with Crippen molar-refractivity contribution < 1.29 is 58.7 Å². The van der Waals surface area contributed by atoms with Crippen LogP contribution in [0.2, 0.25) is 0 Å². The van der Waals surface area contributed by atoms with Crippen molar-refractivity contribution in [3.05, 3.63) is 36.2 Å². The maximum absolute atomic E-state index is 14.6. The molecule has 0 radical (unpaired) electrons. The molecule has 3 saturated heterocycles. The molecule has 1 aromatic carbocycles. The SMILES string of the molecule is CC[C@H]1OC(=O)[C@H](C)C([C@H]2C[C@@](C)(OC)[C@@H](O)[C@H](C)O2)[C@H](C)[C@@H](O[C@@H]2O[C@H](C)C[C@H](N(C)CCc3cn(CCCOc4ccc(-c5nc(N)ns5)cc4)nn3)[C@H]2O)[C@](C)(O)C[C@@H](C)CN(C)[C@H](C)[C@@H](O)[C@]1(C)O. The number of methoxy groups -OCH3 is 1. The summed E-state index contributed by atoms with van der Waals surface area (Å²) in [5, 5.41) is 69.6. The maximum atomic E-state index is 14.6. The summed E-state index contributed by atoms with van der Waals surface area (Å²) < 4.78 is 44.0. The van der Waals surface area contributed by atoms with Crippen molar-refractivity contribution in [2.45, 2.75) is 198 Å². The number of hydrogen-bond donors (Lipinski definition) is 6. The lowest BCUT2D eigenvalue weighted by Gasteiger charge is -2.51. The van der Waals surface area contributed by atoms with E-state index in [2.05, 4.69) is 24.6 Å². The van der Waals surface area contributed by atoms with E-state index in [1.54, 1.807) is 32.4 Å². The van der Waals surface area contributed by atoms with E-state index in [1.807, 2.05) is 84.1 Å². The topological polar surface area (TPSA) is 263 Å². The number of ether oxygens (including phenoxy) is 6. The van der Waals surface area contributed by atoms with Gasteiger partial charge in [0.1, 0.15) is 40.8 Å². The Morgan fingerprint density at radius 2 is 1.70 bits per heavy atom. The fraction of sp³-hybridized carbons (Fsp3) is 0.788. The number of nitrogen functional groups attached to an aromatic ring is 1. The van der Waals surface area contributed by atoms with Crippen LogP contribution < -0.4 is 10.5 Å². The van der Waals surface area contributed by atoms with Gasteiger partial charge < -0.3 is 69.5 Å². The van der Waals surface area contributed by atoms with Gasteiger partial charge in [-0.15, -0.1) is 5.10 Å². The summed E-state index contributed by atoms with van der Waals surface area (Å²) in [6, 6.07) is 6.69. The van der Waals surface area contributed by atoms with E-state index < -0.39 is 102 Å². The first-order chi connectivity index (χ1) is 34.3. The van der Waals surface area contributed by atoms with Crippen molar-refractivity contribution in [3.63, 3.8) is 0 Å². The highest BCUT2D eigenvalue weighted by molar-refractivity contribution is 7.09. The molecule has 1 unspecified atom stereocenters. The number of rotatable bonds is 15. The van der Waals surface area contributed by atoms with Gasteiger partial charge in [0, 0.05) is 75.8 Å². The molecular formula is C52H86N8O12S. The fourth-order valence-corrected chi connectivity index (χ4v) is 12.3. The molecule has 0 aliphatic carbocycles. The molecular weight excluding hydrogens is 961 g/mol. The van der Waals surface area contributed by atoms with Crippen LogP contribution in [-0.4, -0.2) is 191 Å². The van der Waals surface area contributed by atoms with Crippen LogP contribution in [0.1, 0.15) is 107 Å². The van der Waals surface area contributed by atoms with E-state index in [0.717, 1.165) is 22.0 Å². The molecule has 3 aliphatic rings. The molecule has 0 saturated carbocycles. The predicted molar refractivity (Wildman–Crippen MR) is 275 cm³/mol. The Kier molecular flexibility index (Phi) is 19.9. The number of hydrogen-bond acceptors (Lipinski definition) is 20. The molecule has 412 valence electrons. The normalized spacial score (nSPS) is 38.7. The number of esters is 1. The lowest BCUT2D eigenvalue weighted by molar-refractivity contribution is -0.302. The van der Waals surface area contributed by atoms with Crippen LogP contribution in [0.4, 0.5) is 5.95 Å². The van der Waals surface area contributed by atoms with E-state index in [-0.39, 0.29) is 37.2 Å². The average Bonchev–Trinajstić information content (AvgIpc) is 4.00. The number of aromatic nitrogens is 5. The van der Waals surface area contributed by atoms with E-state index >= 15 is 0 Å². The number of carbonyl (C=O) groups excluding carboxylic acids is 1. The predicted octanol–water partition coefficient (Wildman–Crippen LogP) is 3.95. The minimum Gasteiger partial charge on any atom is -0.494 e.